The van der Waals surface area contributed by atoms with Crippen LogP contribution < -0.4 is 5.32 Å². The van der Waals surface area contributed by atoms with E-state index in [-0.39, 0.29) is 17.3 Å². The summed E-state index contributed by atoms with van der Waals surface area (Å²) in [6, 6.07) is 18.9. The SMILES string of the molecule is CS(=O)(=O)c1ccc(CNC(=O)c2ccnc(C#CCc3cccc(C#N)c3)c2)cc1. The largest absolute Gasteiger partial charge is 0.348 e. The highest BCUT2D eigenvalue weighted by Crippen LogP contribution is 2.11. The number of benzene rings is 2. The molecule has 1 N–H and O–H groups in total. The molecule has 0 aliphatic rings. The summed E-state index contributed by atoms with van der Waals surface area (Å²) in [6.45, 7) is 0.265. The first-order valence-electron chi connectivity index (χ1n) is 9.36. The molecule has 1 heterocycles. The van der Waals surface area contributed by atoms with Crippen LogP contribution in [0.4, 0.5) is 0 Å². The zero-order valence-corrected chi connectivity index (χ0v) is 17.6. The van der Waals surface area contributed by atoms with Gasteiger partial charge in [-0.15, -0.1) is 0 Å². The molecule has 0 aliphatic carbocycles. The van der Waals surface area contributed by atoms with Crippen LogP contribution in [0, 0.1) is 23.2 Å². The van der Waals surface area contributed by atoms with Crippen LogP contribution in [0.5, 0.6) is 0 Å². The Morgan fingerprint density at radius 1 is 1.06 bits per heavy atom. The van der Waals surface area contributed by atoms with Crippen LogP contribution in [0.3, 0.4) is 0 Å². The zero-order chi connectivity index (χ0) is 22.3. The lowest BCUT2D eigenvalue weighted by Gasteiger charge is -2.06. The molecule has 7 heteroatoms. The summed E-state index contributed by atoms with van der Waals surface area (Å²) in [5.41, 5.74) is 3.21. The van der Waals surface area contributed by atoms with Gasteiger partial charge in [-0.3, -0.25) is 4.79 Å². The summed E-state index contributed by atoms with van der Waals surface area (Å²) in [5.74, 6) is 5.67. The molecule has 1 aromatic heterocycles. The number of hydrogen-bond donors (Lipinski definition) is 1. The molecule has 154 valence electrons. The fourth-order valence-electron chi connectivity index (χ4n) is 2.77. The second-order valence-electron chi connectivity index (χ2n) is 6.82. The number of nitrogens with one attached hydrogen (secondary N) is 1. The highest BCUT2D eigenvalue weighted by Gasteiger charge is 2.08. The maximum absolute atomic E-state index is 12.4. The van der Waals surface area contributed by atoms with Crippen LogP contribution in [0.25, 0.3) is 0 Å². The number of rotatable bonds is 5. The molecule has 6 nitrogen and oxygen atoms in total. The van der Waals surface area contributed by atoms with E-state index in [1.54, 1.807) is 36.4 Å². The van der Waals surface area contributed by atoms with Crippen molar-refractivity contribution < 1.29 is 13.2 Å². The van der Waals surface area contributed by atoms with Crippen LogP contribution >= 0.6 is 0 Å². The van der Waals surface area contributed by atoms with E-state index >= 15 is 0 Å². The van der Waals surface area contributed by atoms with Gasteiger partial charge in [-0.2, -0.15) is 5.26 Å². The van der Waals surface area contributed by atoms with Gasteiger partial charge < -0.3 is 5.32 Å². The van der Waals surface area contributed by atoms with E-state index < -0.39 is 9.84 Å². The molecule has 0 bridgehead atoms. The number of hydrogen-bond acceptors (Lipinski definition) is 5. The van der Waals surface area contributed by atoms with Crippen molar-refractivity contribution in [3.63, 3.8) is 0 Å². The number of carbonyl (C=O) groups excluding carboxylic acids is 1. The number of carbonyl (C=O) groups is 1. The van der Waals surface area contributed by atoms with E-state index in [1.165, 1.54) is 18.3 Å². The van der Waals surface area contributed by atoms with E-state index in [0.717, 1.165) is 17.4 Å². The molecule has 2 aromatic carbocycles. The van der Waals surface area contributed by atoms with Crippen molar-refractivity contribution in [2.45, 2.75) is 17.9 Å². The van der Waals surface area contributed by atoms with Crippen molar-refractivity contribution in [2.24, 2.45) is 0 Å². The Balaban J connectivity index is 1.62. The third-order valence-corrected chi connectivity index (χ3v) is 5.52. The van der Waals surface area contributed by atoms with Crippen LogP contribution in [-0.4, -0.2) is 25.6 Å². The van der Waals surface area contributed by atoms with Gasteiger partial charge in [-0.1, -0.05) is 30.2 Å². The molecule has 0 saturated heterocycles. The summed E-state index contributed by atoms with van der Waals surface area (Å²) >= 11 is 0. The minimum Gasteiger partial charge on any atom is -0.348 e. The number of nitrogens with zero attached hydrogens (tertiary/aromatic N) is 2. The molecule has 1 amide bonds. The number of sulfone groups is 1. The molecule has 0 unspecified atom stereocenters. The molecule has 0 radical (unpaired) electrons. The molecular formula is C24H19N3O3S. The van der Waals surface area contributed by atoms with Gasteiger partial charge >= 0.3 is 0 Å². The number of nitriles is 1. The number of pyridine rings is 1. The predicted octanol–water partition coefficient (Wildman–Crippen LogP) is 2.88. The van der Waals surface area contributed by atoms with Gasteiger partial charge in [0, 0.05) is 31.0 Å². The molecule has 0 fully saturated rings. The lowest BCUT2D eigenvalue weighted by Crippen LogP contribution is -2.23. The smallest absolute Gasteiger partial charge is 0.251 e. The molecule has 3 rings (SSSR count). The molecule has 0 spiro atoms. The minimum absolute atomic E-state index is 0.235. The standard InChI is InChI=1S/C24H19N3O3S/c1-31(29,30)23-10-8-19(9-11-23)17-27-24(28)21-12-13-26-22(15-21)7-3-5-18-4-2-6-20(14-18)16-25/h2,4,6,8-15H,5,17H2,1H3,(H,27,28). The number of amides is 1. The molecule has 0 atom stereocenters. The van der Waals surface area contributed by atoms with Crippen molar-refractivity contribution in [1.82, 2.24) is 10.3 Å². The lowest BCUT2D eigenvalue weighted by molar-refractivity contribution is 0.0950. The quantitative estimate of drug-likeness (QED) is 0.629. The fraction of sp³-hybridized carbons (Fsp3) is 0.125. The highest BCUT2D eigenvalue weighted by atomic mass is 32.2. The van der Waals surface area contributed by atoms with Crippen LogP contribution in [-0.2, 0) is 22.8 Å². The van der Waals surface area contributed by atoms with E-state index in [2.05, 4.69) is 28.2 Å². The Kier molecular flexibility index (Phi) is 6.81. The van der Waals surface area contributed by atoms with Crippen molar-refractivity contribution in [3.8, 4) is 17.9 Å². The van der Waals surface area contributed by atoms with Crippen LogP contribution in [0.2, 0.25) is 0 Å². The van der Waals surface area contributed by atoms with Gasteiger partial charge in [0.15, 0.2) is 9.84 Å². The normalized spacial score (nSPS) is 10.5. The Morgan fingerprint density at radius 2 is 1.84 bits per heavy atom. The number of aromatic nitrogens is 1. The Labute approximate surface area is 181 Å². The molecule has 3 aromatic rings. The third kappa shape index (κ3) is 6.27. The van der Waals surface area contributed by atoms with Gasteiger partial charge in [0.05, 0.1) is 16.5 Å². The topological polar surface area (TPSA) is 99.9 Å². The fourth-order valence-corrected chi connectivity index (χ4v) is 3.40. The van der Waals surface area contributed by atoms with E-state index in [9.17, 15) is 13.2 Å². The Hall–Kier alpha value is -3.94. The first-order chi connectivity index (χ1) is 14.8. The first-order valence-corrected chi connectivity index (χ1v) is 11.3. The molecular weight excluding hydrogens is 410 g/mol. The van der Waals surface area contributed by atoms with Crippen LogP contribution in [0.1, 0.15) is 32.7 Å². The average molecular weight is 430 g/mol. The highest BCUT2D eigenvalue weighted by molar-refractivity contribution is 7.90. The van der Waals surface area contributed by atoms with Gasteiger partial charge in [0.2, 0.25) is 0 Å². The lowest BCUT2D eigenvalue weighted by atomic mass is 10.1. The van der Waals surface area contributed by atoms with Crippen LogP contribution in [0.15, 0.2) is 71.8 Å². The molecule has 0 saturated carbocycles. The zero-order valence-electron chi connectivity index (χ0n) is 16.8. The van der Waals surface area contributed by atoms with Crippen molar-refractivity contribution in [3.05, 3.63) is 94.8 Å². The van der Waals surface area contributed by atoms with Crippen molar-refractivity contribution in [1.29, 1.82) is 5.26 Å². The van der Waals surface area contributed by atoms with Crippen molar-refractivity contribution in [2.75, 3.05) is 6.26 Å². The van der Waals surface area contributed by atoms with E-state index in [1.807, 2.05) is 12.1 Å². The average Bonchev–Trinajstić information content (AvgIpc) is 2.77. The summed E-state index contributed by atoms with van der Waals surface area (Å²) in [7, 11) is -3.25. The third-order valence-electron chi connectivity index (χ3n) is 4.39. The second-order valence-corrected chi connectivity index (χ2v) is 8.84. The summed E-state index contributed by atoms with van der Waals surface area (Å²) < 4.78 is 23.0. The second kappa shape index (κ2) is 9.71. The molecule has 31 heavy (non-hydrogen) atoms. The Bertz CT molecular complexity index is 1310. The first kappa shape index (κ1) is 21.8. The Morgan fingerprint density at radius 3 is 2.55 bits per heavy atom. The van der Waals surface area contributed by atoms with Gasteiger partial charge in [0.1, 0.15) is 5.69 Å². The van der Waals surface area contributed by atoms with Crippen molar-refractivity contribution >= 4 is 15.7 Å². The van der Waals surface area contributed by atoms with E-state index in [0.29, 0.717) is 23.2 Å². The summed E-state index contributed by atoms with van der Waals surface area (Å²) in [5, 5.41) is 11.8. The van der Waals surface area contributed by atoms with Gasteiger partial charge in [0.25, 0.3) is 5.91 Å². The van der Waals surface area contributed by atoms with Gasteiger partial charge in [-0.25, -0.2) is 13.4 Å². The summed E-state index contributed by atoms with van der Waals surface area (Å²) in [6.07, 6.45) is 3.14. The maximum Gasteiger partial charge on any atom is 0.251 e. The molecule has 0 aliphatic heterocycles. The van der Waals surface area contributed by atoms with Gasteiger partial charge in [-0.05, 0) is 53.4 Å². The predicted molar refractivity (Wildman–Crippen MR) is 117 cm³/mol. The summed E-state index contributed by atoms with van der Waals surface area (Å²) in [4.78, 5) is 16.9. The monoisotopic (exact) mass is 429 g/mol. The maximum atomic E-state index is 12.4. The minimum atomic E-state index is -3.25. The van der Waals surface area contributed by atoms with E-state index in [4.69, 9.17) is 5.26 Å².